The van der Waals surface area contributed by atoms with Crippen molar-refractivity contribution in [3.8, 4) is 17.2 Å². The Bertz CT molecular complexity index is 343. The van der Waals surface area contributed by atoms with E-state index in [0.717, 1.165) is 18.5 Å². The van der Waals surface area contributed by atoms with Crippen molar-refractivity contribution < 1.29 is 18.9 Å². The van der Waals surface area contributed by atoms with E-state index in [1.807, 2.05) is 12.1 Å². The molecule has 0 saturated carbocycles. The van der Waals surface area contributed by atoms with Gasteiger partial charge in [-0.1, -0.05) is 0 Å². The minimum Gasteiger partial charge on any atom is -0.493 e. The smallest absolute Gasteiger partial charge is 0.203 e. The van der Waals surface area contributed by atoms with Gasteiger partial charge in [0.1, 0.15) is 0 Å². The van der Waals surface area contributed by atoms with Gasteiger partial charge in [0.05, 0.1) is 28.1 Å². The molecule has 0 aliphatic heterocycles. The van der Waals surface area contributed by atoms with Crippen molar-refractivity contribution >= 4 is 0 Å². The summed E-state index contributed by atoms with van der Waals surface area (Å²) in [5.41, 5.74) is 1.12. The highest BCUT2D eigenvalue weighted by atomic mass is 16.5. The zero-order valence-corrected chi connectivity index (χ0v) is 11.4. The number of benzene rings is 1. The standard InChI is InChI=1S/C13H21NO4/c1-15-9-14-6-5-10-7-11(16-2)13(18-4)12(8-10)17-3/h7-8,14H,5-6,9H2,1-4H3. The fourth-order valence-corrected chi connectivity index (χ4v) is 1.69. The lowest BCUT2D eigenvalue weighted by Gasteiger charge is -2.14. The highest BCUT2D eigenvalue weighted by Crippen LogP contribution is 2.38. The van der Waals surface area contributed by atoms with Gasteiger partial charge in [-0.2, -0.15) is 0 Å². The minimum atomic E-state index is 0.546. The molecule has 5 heteroatoms. The van der Waals surface area contributed by atoms with Crippen LogP contribution in [0, 0.1) is 0 Å². The van der Waals surface area contributed by atoms with E-state index in [9.17, 15) is 0 Å². The molecule has 1 aromatic carbocycles. The summed E-state index contributed by atoms with van der Waals surface area (Å²) in [6.45, 7) is 1.37. The van der Waals surface area contributed by atoms with Crippen LogP contribution in [0.1, 0.15) is 5.56 Å². The van der Waals surface area contributed by atoms with E-state index in [0.29, 0.717) is 24.0 Å². The van der Waals surface area contributed by atoms with Crippen molar-refractivity contribution in [2.45, 2.75) is 6.42 Å². The van der Waals surface area contributed by atoms with Crippen LogP contribution >= 0.6 is 0 Å². The van der Waals surface area contributed by atoms with Crippen LogP contribution in [0.3, 0.4) is 0 Å². The highest BCUT2D eigenvalue weighted by molar-refractivity contribution is 5.53. The normalized spacial score (nSPS) is 10.2. The van der Waals surface area contributed by atoms with Crippen molar-refractivity contribution in [3.63, 3.8) is 0 Å². The highest BCUT2D eigenvalue weighted by Gasteiger charge is 2.12. The number of rotatable bonds is 8. The molecule has 0 spiro atoms. The number of methoxy groups -OCH3 is 4. The molecular formula is C13H21NO4. The average molecular weight is 255 g/mol. The first-order valence-corrected chi connectivity index (χ1v) is 5.75. The summed E-state index contributed by atoms with van der Waals surface area (Å²) in [5.74, 6) is 1.98. The van der Waals surface area contributed by atoms with E-state index in [-0.39, 0.29) is 0 Å². The Morgan fingerprint density at radius 2 is 1.56 bits per heavy atom. The Morgan fingerprint density at radius 3 is 2.00 bits per heavy atom. The molecule has 5 nitrogen and oxygen atoms in total. The molecule has 0 saturated heterocycles. The van der Waals surface area contributed by atoms with Gasteiger partial charge in [0.25, 0.3) is 0 Å². The number of hydrogen-bond donors (Lipinski definition) is 1. The monoisotopic (exact) mass is 255 g/mol. The van der Waals surface area contributed by atoms with Crippen LogP contribution < -0.4 is 19.5 Å². The zero-order chi connectivity index (χ0) is 13.4. The second kappa shape index (κ2) is 7.79. The molecule has 0 unspecified atom stereocenters. The lowest BCUT2D eigenvalue weighted by Crippen LogP contribution is -2.19. The van der Waals surface area contributed by atoms with Crippen LogP contribution in [0.4, 0.5) is 0 Å². The molecule has 0 radical (unpaired) electrons. The molecule has 1 aromatic rings. The summed E-state index contributed by atoms with van der Waals surface area (Å²) >= 11 is 0. The Morgan fingerprint density at radius 1 is 0.944 bits per heavy atom. The Kier molecular flexibility index (Phi) is 6.32. The molecule has 0 amide bonds. The maximum Gasteiger partial charge on any atom is 0.203 e. The van der Waals surface area contributed by atoms with E-state index in [1.54, 1.807) is 28.4 Å². The minimum absolute atomic E-state index is 0.546. The maximum absolute atomic E-state index is 5.30. The fourth-order valence-electron chi connectivity index (χ4n) is 1.69. The molecule has 0 aromatic heterocycles. The molecule has 1 rings (SSSR count). The largest absolute Gasteiger partial charge is 0.493 e. The fraction of sp³-hybridized carbons (Fsp3) is 0.538. The summed E-state index contributed by atoms with van der Waals surface area (Å²) < 4.78 is 20.8. The Labute approximate surface area is 108 Å². The van der Waals surface area contributed by atoms with Crippen LogP contribution in [-0.4, -0.2) is 41.7 Å². The quantitative estimate of drug-likeness (QED) is 0.563. The Balaban J connectivity index is 2.80. The van der Waals surface area contributed by atoms with Gasteiger partial charge in [0.15, 0.2) is 11.5 Å². The van der Waals surface area contributed by atoms with Crippen LogP contribution in [0.25, 0.3) is 0 Å². The van der Waals surface area contributed by atoms with Crippen LogP contribution in [0.15, 0.2) is 12.1 Å². The lowest BCUT2D eigenvalue weighted by atomic mass is 10.1. The van der Waals surface area contributed by atoms with Crippen LogP contribution in [0.5, 0.6) is 17.2 Å². The number of nitrogens with one attached hydrogen (secondary N) is 1. The molecule has 0 heterocycles. The molecular weight excluding hydrogens is 234 g/mol. The summed E-state index contributed by atoms with van der Waals surface area (Å²) in [5, 5.41) is 3.15. The van der Waals surface area contributed by atoms with E-state index < -0.39 is 0 Å². The molecule has 0 atom stereocenters. The first-order chi connectivity index (χ1) is 8.76. The van der Waals surface area contributed by atoms with Crippen molar-refractivity contribution in [1.29, 1.82) is 0 Å². The topological polar surface area (TPSA) is 49.0 Å². The molecule has 0 aliphatic carbocycles. The van der Waals surface area contributed by atoms with Crippen LogP contribution in [-0.2, 0) is 11.2 Å². The van der Waals surface area contributed by atoms with Gasteiger partial charge in [-0.15, -0.1) is 0 Å². The van der Waals surface area contributed by atoms with E-state index in [2.05, 4.69) is 5.32 Å². The molecule has 102 valence electrons. The molecule has 0 fully saturated rings. The summed E-state index contributed by atoms with van der Waals surface area (Å²) in [7, 11) is 6.49. The number of ether oxygens (including phenoxy) is 4. The van der Waals surface area contributed by atoms with Crippen molar-refractivity contribution in [1.82, 2.24) is 5.32 Å². The summed E-state index contributed by atoms with van der Waals surface area (Å²) in [6, 6.07) is 3.91. The van der Waals surface area contributed by atoms with Gasteiger partial charge in [-0.05, 0) is 24.1 Å². The first-order valence-electron chi connectivity index (χ1n) is 5.75. The van der Waals surface area contributed by atoms with E-state index in [4.69, 9.17) is 18.9 Å². The summed E-state index contributed by atoms with van der Waals surface area (Å²) in [4.78, 5) is 0. The first kappa shape index (κ1) is 14.6. The molecule has 0 bridgehead atoms. The van der Waals surface area contributed by atoms with Gasteiger partial charge < -0.3 is 18.9 Å². The maximum atomic E-state index is 5.30. The van der Waals surface area contributed by atoms with Gasteiger partial charge in [0.2, 0.25) is 5.75 Å². The average Bonchev–Trinajstić information content (AvgIpc) is 2.42. The summed E-state index contributed by atoms with van der Waals surface area (Å²) in [6.07, 6.45) is 0.861. The van der Waals surface area contributed by atoms with E-state index in [1.165, 1.54) is 0 Å². The van der Waals surface area contributed by atoms with Gasteiger partial charge in [-0.25, -0.2) is 0 Å². The third-order valence-corrected chi connectivity index (χ3v) is 2.56. The lowest BCUT2D eigenvalue weighted by molar-refractivity contribution is 0.176. The second-order valence-electron chi connectivity index (χ2n) is 3.72. The van der Waals surface area contributed by atoms with Gasteiger partial charge in [0, 0.05) is 13.7 Å². The second-order valence-corrected chi connectivity index (χ2v) is 3.72. The zero-order valence-electron chi connectivity index (χ0n) is 11.4. The SMILES string of the molecule is COCNCCc1cc(OC)c(OC)c(OC)c1. The van der Waals surface area contributed by atoms with Crippen molar-refractivity contribution in [3.05, 3.63) is 17.7 Å². The molecule has 1 N–H and O–H groups in total. The van der Waals surface area contributed by atoms with Gasteiger partial charge >= 0.3 is 0 Å². The van der Waals surface area contributed by atoms with Crippen LogP contribution in [0.2, 0.25) is 0 Å². The predicted molar refractivity (Wildman–Crippen MR) is 69.7 cm³/mol. The number of hydrogen-bond acceptors (Lipinski definition) is 5. The third-order valence-electron chi connectivity index (χ3n) is 2.56. The Hall–Kier alpha value is -1.46. The third kappa shape index (κ3) is 3.78. The van der Waals surface area contributed by atoms with E-state index >= 15 is 0 Å². The molecule has 18 heavy (non-hydrogen) atoms. The van der Waals surface area contributed by atoms with Gasteiger partial charge in [-0.3, -0.25) is 5.32 Å². The van der Waals surface area contributed by atoms with Crippen molar-refractivity contribution in [2.75, 3.05) is 41.7 Å². The van der Waals surface area contributed by atoms with Crippen molar-refractivity contribution in [2.24, 2.45) is 0 Å². The predicted octanol–water partition coefficient (Wildman–Crippen LogP) is 1.45. The molecule has 0 aliphatic rings.